The lowest BCUT2D eigenvalue weighted by Gasteiger charge is -2.16. The van der Waals surface area contributed by atoms with E-state index in [-0.39, 0.29) is 5.92 Å². The van der Waals surface area contributed by atoms with Gasteiger partial charge in [0, 0.05) is 13.1 Å². The van der Waals surface area contributed by atoms with Crippen molar-refractivity contribution in [2.75, 3.05) is 19.0 Å². The third kappa shape index (κ3) is 3.81. The van der Waals surface area contributed by atoms with E-state index < -0.39 is 0 Å². The third-order valence-corrected chi connectivity index (χ3v) is 2.09. The van der Waals surface area contributed by atoms with Crippen molar-refractivity contribution in [1.82, 2.24) is 14.9 Å². The largest absolute Gasteiger partial charge is 0.307 e. The zero-order valence-corrected chi connectivity index (χ0v) is 9.51. The number of hydrogen-bond donors (Lipinski definition) is 2. The van der Waals surface area contributed by atoms with Gasteiger partial charge in [-0.25, -0.2) is 10.8 Å². The number of nitrogen functional groups attached to an aromatic ring is 1. The maximum atomic E-state index is 8.69. The fourth-order valence-electron chi connectivity index (χ4n) is 1.36. The molecule has 0 fully saturated rings. The Hall–Kier alpha value is -1.71. The first kappa shape index (κ1) is 12.4. The van der Waals surface area contributed by atoms with Gasteiger partial charge in [0.05, 0.1) is 30.1 Å². The molecule has 6 heteroatoms. The summed E-state index contributed by atoms with van der Waals surface area (Å²) in [7, 11) is 1.95. The van der Waals surface area contributed by atoms with E-state index in [2.05, 4.69) is 21.5 Å². The number of nitrogens with zero attached hydrogens (tertiary/aromatic N) is 4. The van der Waals surface area contributed by atoms with Crippen molar-refractivity contribution in [3.63, 3.8) is 0 Å². The Bertz CT molecular complexity index is 355. The third-order valence-electron chi connectivity index (χ3n) is 2.09. The van der Waals surface area contributed by atoms with Crippen molar-refractivity contribution in [2.45, 2.75) is 13.5 Å². The van der Waals surface area contributed by atoms with Crippen LogP contribution in [0.5, 0.6) is 0 Å². The molecule has 3 N–H and O–H groups in total. The first-order chi connectivity index (χ1) is 7.65. The number of hydrogen-bond acceptors (Lipinski definition) is 6. The quantitative estimate of drug-likeness (QED) is 0.549. The minimum absolute atomic E-state index is 0.0166. The van der Waals surface area contributed by atoms with Gasteiger partial charge >= 0.3 is 0 Å². The molecule has 0 aromatic carbocycles. The van der Waals surface area contributed by atoms with Gasteiger partial charge in [-0.05, 0) is 14.0 Å². The minimum Gasteiger partial charge on any atom is -0.307 e. The monoisotopic (exact) mass is 220 g/mol. The van der Waals surface area contributed by atoms with Gasteiger partial charge in [-0.15, -0.1) is 0 Å². The van der Waals surface area contributed by atoms with Crippen LogP contribution in [-0.4, -0.2) is 28.5 Å². The van der Waals surface area contributed by atoms with Crippen molar-refractivity contribution < 1.29 is 0 Å². The molecule has 6 nitrogen and oxygen atoms in total. The van der Waals surface area contributed by atoms with E-state index in [0.717, 1.165) is 12.2 Å². The van der Waals surface area contributed by atoms with Gasteiger partial charge in [-0.2, -0.15) is 5.26 Å². The summed E-state index contributed by atoms with van der Waals surface area (Å²) in [5.74, 6) is 5.74. The van der Waals surface area contributed by atoms with Crippen LogP contribution in [0.3, 0.4) is 0 Å². The maximum Gasteiger partial charge on any atom is 0.158 e. The number of hydrazine groups is 1. The molecule has 1 unspecified atom stereocenters. The van der Waals surface area contributed by atoms with Crippen molar-refractivity contribution in [3.05, 3.63) is 18.1 Å². The SMILES string of the molecule is CC(C#N)CN(C)Cc1cnc(NN)cn1. The summed E-state index contributed by atoms with van der Waals surface area (Å²) in [4.78, 5) is 10.3. The molecule has 1 heterocycles. The molecule has 0 radical (unpaired) electrons. The van der Waals surface area contributed by atoms with E-state index in [1.165, 1.54) is 0 Å². The molecule has 0 spiro atoms. The molecule has 86 valence electrons. The molecule has 16 heavy (non-hydrogen) atoms. The Labute approximate surface area is 95.1 Å². The average Bonchev–Trinajstić information content (AvgIpc) is 2.29. The zero-order valence-electron chi connectivity index (χ0n) is 9.51. The standard InChI is InChI=1S/C10H16N6/c1-8(3-11)6-16(2)7-9-4-14-10(15-12)5-13-9/h4-5,8H,6-7,12H2,1-2H3,(H,14,15). The Kier molecular flexibility index (Phi) is 4.64. The predicted octanol–water partition coefficient (Wildman–Crippen LogP) is 0.354. The highest BCUT2D eigenvalue weighted by Crippen LogP contribution is 2.03. The second kappa shape index (κ2) is 6.00. The van der Waals surface area contributed by atoms with E-state index in [0.29, 0.717) is 12.4 Å². The van der Waals surface area contributed by atoms with Gasteiger partial charge in [0.15, 0.2) is 5.82 Å². The second-order valence-corrected chi connectivity index (χ2v) is 3.76. The lowest BCUT2D eigenvalue weighted by molar-refractivity contribution is 0.299. The fraction of sp³-hybridized carbons (Fsp3) is 0.500. The molecule has 0 aliphatic carbocycles. The first-order valence-corrected chi connectivity index (χ1v) is 5.01. The van der Waals surface area contributed by atoms with Gasteiger partial charge < -0.3 is 5.43 Å². The van der Waals surface area contributed by atoms with E-state index in [1.807, 2.05) is 18.9 Å². The second-order valence-electron chi connectivity index (χ2n) is 3.76. The Morgan fingerprint density at radius 3 is 2.81 bits per heavy atom. The Balaban J connectivity index is 2.50. The molecule has 1 aromatic heterocycles. The van der Waals surface area contributed by atoms with E-state index in [1.54, 1.807) is 12.4 Å². The molecule has 0 aliphatic heterocycles. The van der Waals surface area contributed by atoms with Gasteiger partial charge in [0.2, 0.25) is 0 Å². The summed E-state index contributed by atoms with van der Waals surface area (Å²) >= 11 is 0. The molecule has 0 saturated heterocycles. The van der Waals surface area contributed by atoms with Gasteiger partial charge in [-0.1, -0.05) is 0 Å². The van der Waals surface area contributed by atoms with Crippen LogP contribution in [0.2, 0.25) is 0 Å². The summed E-state index contributed by atoms with van der Waals surface area (Å²) < 4.78 is 0. The van der Waals surface area contributed by atoms with Crippen molar-refractivity contribution in [2.24, 2.45) is 11.8 Å². The van der Waals surface area contributed by atoms with Crippen LogP contribution in [0.15, 0.2) is 12.4 Å². The van der Waals surface area contributed by atoms with Crippen LogP contribution in [-0.2, 0) is 6.54 Å². The topological polar surface area (TPSA) is 90.9 Å². The first-order valence-electron chi connectivity index (χ1n) is 5.01. The van der Waals surface area contributed by atoms with Gasteiger partial charge in [-0.3, -0.25) is 9.88 Å². The fourth-order valence-corrected chi connectivity index (χ4v) is 1.36. The van der Waals surface area contributed by atoms with Crippen LogP contribution in [0, 0.1) is 17.2 Å². The van der Waals surface area contributed by atoms with Crippen LogP contribution >= 0.6 is 0 Å². The summed E-state index contributed by atoms with van der Waals surface area (Å²) in [6.07, 6.45) is 3.25. The van der Waals surface area contributed by atoms with Gasteiger partial charge in [0.1, 0.15) is 0 Å². The summed E-state index contributed by atoms with van der Waals surface area (Å²) in [6, 6.07) is 2.20. The lowest BCUT2D eigenvalue weighted by Crippen LogP contribution is -2.24. The Morgan fingerprint density at radius 2 is 2.31 bits per heavy atom. The number of nitrogens with one attached hydrogen (secondary N) is 1. The van der Waals surface area contributed by atoms with Crippen LogP contribution in [0.1, 0.15) is 12.6 Å². The number of nitrogens with two attached hydrogens (primary N) is 1. The molecule has 0 amide bonds. The van der Waals surface area contributed by atoms with Crippen LogP contribution in [0.25, 0.3) is 0 Å². The highest BCUT2D eigenvalue weighted by molar-refractivity contribution is 5.28. The molecule has 0 aliphatic rings. The summed E-state index contributed by atoms with van der Waals surface area (Å²) in [5.41, 5.74) is 3.27. The van der Waals surface area contributed by atoms with Gasteiger partial charge in [0.25, 0.3) is 0 Å². The van der Waals surface area contributed by atoms with E-state index >= 15 is 0 Å². The minimum atomic E-state index is 0.0166. The molecule has 1 aromatic rings. The van der Waals surface area contributed by atoms with Crippen molar-refractivity contribution in [1.29, 1.82) is 5.26 Å². The molecule has 1 rings (SSSR count). The Morgan fingerprint density at radius 1 is 1.56 bits per heavy atom. The average molecular weight is 220 g/mol. The van der Waals surface area contributed by atoms with Crippen molar-refractivity contribution in [3.8, 4) is 6.07 Å². The zero-order chi connectivity index (χ0) is 12.0. The van der Waals surface area contributed by atoms with E-state index in [9.17, 15) is 0 Å². The molecule has 0 saturated carbocycles. The van der Waals surface area contributed by atoms with Crippen molar-refractivity contribution >= 4 is 5.82 Å². The maximum absolute atomic E-state index is 8.69. The molecule has 0 bridgehead atoms. The number of anilines is 1. The summed E-state index contributed by atoms with van der Waals surface area (Å²) in [6.45, 7) is 3.28. The number of rotatable bonds is 5. The molecular formula is C10H16N6. The smallest absolute Gasteiger partial charge is 0.158 e. The molecular weight excluding hydrogens is 204 g/mol. The van der Waals surface area contributed by atoms with Crippen LogP contribution in [0.4, 0.5) is 5.82 Å². The number of aromatic nitrogens is 2. The summed E-state index contributed by atoms with van der Waals surface area (Å²) in [5, 5.41) is 8.69. The number of nitriles is 1. The normalized spacial score (nSPS) is 12.2. The predicted molar refractivity (Wildman–Crippen MR) is 61.0 cm³/mol. The van der Waals surface area contributed by atoms with Crippen LogP contribution < -0.4 is 11.3 Å². The molecule has 1 atom stereocenters. The highest BCUT2D eigenvalue weighted by atomic mass is 15.3. The lowest BCUT2D eigenvalue weighted by atomic mass is 10.2. The highest BCUT2D eigenvalue weighted by Gasteiger charge is 2.06. The van der Waals surface area contributed by atoms with E-state index in [4.69, 9.17) is 11.1 Å².